The molecule has 10 heteroatoms. The molecule has 1 aliphatic rings. The minimum absolute atomic E-state index is 0.0128. The van der Waals surface area contributed by atoms with Gasteiger partial charge in [-0.15, -0.1) is 0 Å². The summed E-state index contributed by atoms with van der Waals surface area (Å²) >= 11 is 0. The summed E-state index contributed by atoms with van der Waals surface area (Å²) in [7, 11) is -3.39. The first-order valence-corrected chi connectivity index (χ1v) is 11.8. The van der Waals surface area contributed by atoms with E-state index in [0.29, 0.717) is 23.6 Å². The van der Waals surface area contributed by atoms with Gasteiger partial charge in [0.25, 0.3) is 5.91 Å². The molecule has 0 unspecified atom stereocenters. The van der Waals surface area contributed by atoms with E-state index in [1.165, 1.54) is 12.1 Å². The molecule has 0 radical (unpaired) electrons. The van der Waals surface area contributed by atoms with Crippen molar-refractivity contribution in [2.24, 2.45) is 5.73 Å². The molecule has 1 aromatic heterocycles. The van der Waals surface area contributed by atoms with E-state index in [4.69, 9.17) is 5.73 Å². The zero-order chi connectivity index (χ0) is 21.9. The number of aryl methyl sites for hydroxylation is 1. The predicted molar refractivity (Wildman–Crippen MR) is 115 cm³/mol. The van der Waals surface area contributed by atoms with Gasteiger partial charge in [-0.25, -0.2) is 18.4 Å². The Kier molecular flexibility index (Phi) is 6.57. The van der Waals surface area contributed by atoms with Crippen LogP contribution in [0.15, 0.2) is 29.2 Å². The number of aliphatic hydroxyl groups is 1. The number of primary amides is 1. The fourth-order valence-corrected chi connectivity index (χ4v) is 4.11. The highest BCUT2D eigenvalue weighted by Gasteiger charge is 2.23. The Hall–Kier alpha value is -2.72. The highest BCUT2D eigenvalue weighted by atomic mass is 32.2. The van der Waals surface area contributed by atoms with Crippen LogP contribution in [0.3, 0.4) is 0 Å². The summed E-state index contributed by atoms with van der Waals surface area (Å²) < 4.78 is 23.7. The van der Waals surface area contributed by atoms with Crippen molar-refractivity contribution in [1.29, 1.82) is 0 Å². The van der Waals surface area contributed by atoms with Crippen LogP contribution in [0.25, 0.3) is 0 Å². The third-order valence-electron chi connectivity index (χ3n) is 5.10. The molecule has 1 aliphatic carbocycles. The number of nitrogens with two attached hydrogens (primary N) is 1. The van der Waals surface area contributed by atoms with Gasteiger partial charge >= 0.3 is 0 Å². The summed E-state index contributed by atoms with van der Waals surface area (Å²) in [5, 5.41) is 16.1. The maximum atomic E-state index is 12.0. The van der Waals surface area contributed by atoms with Gasteiger partial charge in [-0.3, -0.25) is 4.79 Å². The first kappa shape index (κ1) is 22.0. The third-order valence-corrected chi connectivity index (χ3v) is 6.21. The van der Waals surface area contributed by atoms with Crippen molar-refractivity contribution >= 4 is 33.1 Å². The van der Waals surface area contributed by atoms with Crippen LogP contribution in [0.5, 0.6) is 0 Å². The Morgan fingerprint density at radius 2 is 1.90 bits per heavy atom. The van der Waals surface area contributed by atoms with Crippen LogP contribution in [0.4, 0.5) is 17.3 Å². The summed E-state index contributed by atoms with van der Waals surface area (Å²) in [4.78, 5) is 21.1. The molecule has 1 heterocycles. The molecule has 1 aromatic carbocycles. The molecule has 9 nitrogen and oxygen atoms in total. The maximum Gasteiger partial charge on any atom is 0.271 e. The number of aromatic nitrogens is 2. The van der Waals surface area contributed by atoms with E-state index in [-0.39, 0.29) is 28.6 Å². The highest BCUT2D eigenvalue weighted by molar-refractivity contribution is 7.90. The van der Waals surface area contributed by atoms with Gasteiger partial charge in [-0.2, -0.15) is 0 Å². The second-order valence-electron chi connectivity index (χ2n) is 7.51. The Morgan fingerprint density at radius 1 is 1.20 bits per heavy atom. The zero-order valence-corrected chi connectivity index (χ0v) is 17.9. The number of hydrogen-bond donors (Lipinski definition) is 4. The monoisotopic (exact) mass is 433 g/mol. The Labute approximate surface area is 176 Å². The molecule has 1 amide bonds. The largest absolute Gasteiger partial charge is 0.393 e. The molecule has 0 saturated heterocycles. The lowest BCUT2D eigenvalue weighted by Crippen LogP contribution is -2.29. The number of nitrogens with zero attached hydrogens (tertiary/aromatic N) is 2. The van der Waals surface area contributed by atoms with Crippen molar-refractivity contribution in [3.63, 3.8) is 0 Å². The van der Waals surface area contributed by atoms with Gasteiger partial charge in [0.2, 0.25) is 0 Å². The van der Waals surface area contributed by atoms with Gasteiger partial charge in [0.1, 0.15) is 5.82 Å². The molecule has 162 valence electrons. The van der Waals surface area contributed by atoms with Crippen LogP contribution < -0.4 is 16.4 Å². The number of carbonyl (C=O) groups is 1. The van der Waals surface area contributed by atoms with E-state index in [1.807, 2.05) is 6.92 Å². The van der Waals surface area contributed by atoms with E-state index >= 15 is 0 Å². The number of carbonyl (C=O) groups excluding carboxylic acids is 1. The lowest BCUT2D eigenvalue weighted by atomic mass is 9.93. The fourth-order valence-electron chi connectivity index (χ4n) is 3.45. The van der Waals surface area contributed by atoms with Crippen LogP contribution >= 0.6 is 0 Å². The number of sulfone groups is 1. The van der Waals surface area contributed by atoms with Gasteiger partial charge in [-0.05, 0) is 50.3 Å². The number of rotatable bonds is 7. The minimum Gasteiger partial charge on any atom is -0.393 e. The van der Waals surface area contributed by atoms with Crippen molar-refractivity contribution in [2.45, 2.75) is 56.1 Å². The van der Waals surface area contributed by atoms with Crippen LogP contribution in [0, 0.1) is 0 Å². The van der Waals surface area contributed by atoms with Gasteiger partial charge in [-0.1, -0.05) is 13.0 Å². The standard InChI is InChI=1S/C20H27N5O4S/c1-3-16-19(22-12-7-9-14(26)10-8-12)25-20(17(24-16)18(21)27)23-13-5-4-6-15(11-13)30(2,28)29/h4-6,11-12,14,26H,3,7-10H2,1-2H3,(H2,21,27)(H2,22,23,25). The molecule has 30 heavy (non-hydrogen) atoms. The lowest BCUT2D eigenvalue weighted by Gasteiger charge is -2.27. The van der Waals surface area contributed by atoms with Crippen LogP contribution in [-0.4, -0.2) is 47.8 Å². The zero-order valence-electron chi connectivity index (χ0n) is 17.1. The normalized spacial score (nSPS) is 19.3. The average Bonchev–Trinajstić information content (AvgIpc) is 2.69. The van der Waals surface area contributed by atoms with Crippen LogP contribution in [-0.2, 0) is 16.3 Å². The molecule has 0 bridgehead atoms. The predicted octanol–water partition coefficient (Wildman–Crippen LogP) is 2.00. The van der Waals surface area contributed by atoms with Gasteiger partial charge < -0.3 is 21.5 Å². The smallest absolute Gasteiger partial charge is 0.271 e. The lowest BCUT2D eigenvalue weighted by molar-refractivity contribution is 0.0996. The number of hydrogen-bond acceptors (Lipinski definition) is 8. The van der Waals surface area contributed by atoms with Gasteiger partial charge in [0, 0.05) is 18.0 Å². The SMILES string of the molecule is CCc1nc(C(N)=O)c(Nc2cccc(S(C)(=O)=O)c2)nc1NC1CCC(O)CC1. The number of nitrogens with one attached hydrogen (secondary N) is 2. The molecule has 1 saturated carbocycles. The van der Waals surface area contributed by atoms with Gasteiger partial charge in [0.15, 0.2) is 21.3 Å². The van der Waals surface area contributed by atoms with Crippen molar-refractivity contribution in [3.8, 4) is 0 Å². The number of anilines is 3. The maximum absolute atomic E-state index is 12.0. The molecule has 1 fully saturated rings. The third kappa shape index (κ3) is 5.25. The topological polar surface area (TPSA) is 147 Å². The van der Waals surface area contributed by atoms with Crippen molar-refractivity contribution in [3.05, 3.63) is 35.7 Å². The number of benzene rings is 1. The molecule has 0 atom stereocenters. The summed E-state index contributed by atoms with van der Waals surface area (Å²) in [6.07, 6.45) is 4.46. The van der Waals surface area contributed by atoms with E-state index in [2.05, 4.69) is 20.6 Å². The molecule has 0 spiro atoms. The van der Waals surface area contributed by atoms with Crippen LogP contribution in [0.1, 0.15) is 48.8 Å². The number of amides is 1. The fraction of sp³-hybridized carbons (Fsp3) is 0.450. The molecule has 0 aliphatic heterocycles. The minimum atomic E-state index is -3.39. The van der Waals surface area contributed by atoms with Crippen LogP contribution in [0.2, 0.25) is 0 Å². The number of aliphatic hydroxyl groups excluding tert-OH is 1. The van der Waals surface area contributed by atoms with Gasteiger partial charge in [0.05, 0.1) is 16.7 Å². The van der Waals surface area contributed by atoms with Crippen molar-refractivity contribution in [1.82, 2.24) is 9.97 Å². The summed E-state index contributed by atoms with van der Waals surface area (Å²) in [6, 6.07) is 6.37. The average molecular weight is 434 g/mol. The quantitative estimate of drug-likeness (QED) is 0.518. The molecular formula is C20H27N5O4S. The summed E-state index contributed by atoms with van der Waals surface area (Å²) in [5.74, 6) is -0.0272. The van der Waals surface area contributed by atoms with Crippen molar-refractivity contribution < 1.29 is 18.3 Å². The second-order valence-corrected chi connectivity index (χ2v) is 9.52. The second kappa shape index (κ2) is 8.97. The van der Waals surface area contributed by atoms with E-state index in [1.54, 1.807) is 12.1 Å². The molecule has 2 aromatic rings. The van der Waals surface area contributed by atoms with Crippen molar-refractivity contribution in [2.75, 3.05) is 16.9 Å². The summed E-state index contributed by atoms with van der Waals surface area (Å²) in [5.41, 5.74) is 6.57. The Morgan fingerprint density at radius 3 is 2.50 bits per heavy atom. The highest BCUT2D eigenvalue weighted by Crippen LogP contribution is 2.27. The van der Waals surface area contributed by atoms with E-state index in [0.717, 1.165) is 31.9 Å². The van der Waals surface area contributed by atoms with E-state index in [9.17, 15) is 18.3 Å². The Balaban J connectivity index is 1.95. The Bertz CT molecular complexity index is 1030. The molecule has 3 rings (SSSR count). The first-order chi connectivity index (χ1) is 14.2. The summed E-state index contributed by atoms with van der Waals surface area (Å²) in [6.45, 7) is 1.91. The molecule has 5 N–H and O–H groups in total. The first-order valence-electron chi connectivity index (χ1n) is 9.89. The molecular weight excluding hydrogens is 406 g/mol. The van der Waals surface area contributed by atoms with E-state index < -0.39 is 15.7 Å².